The second-order valence-electron chi connectivity index (χ2n) is 10.5. The summed E-state index contributed by atoms with van der Waals surface area (Å²) in [6.07, 6.45) is 8.08. The van der Waals surface area contributed by atoms with E-state index in [9.17, 15) is 15.2 Å². The lowest BCUT2D eigenvalue weighted by Gasteiger charge is -2.36. The van der Waals surface area contributed by atoms with Crippen LogP contribution in [0.1, 0.15) is 42.4 Å². The standard InChI is InChI=1S/C28H35N5O4/c1-36-18-19-14-30-28(31-15-19)32-7-4-20(5-8-32)26-11-22(26)6-9-37-25-3-2-21(23(10-25)13-29)12-27(35)33-16-24(34)17-33/h2-3,10,14-15,20,22,24,26,34H,4-9,11-12,16-18H2,1H3/t22-,26-/m0/s1. The predicted octanol–water partition coefficient (Wildman–Crippen LogP) is 2.56. The van der Waals surface area contributed by atoms with Gasteiger partial charge in [-0.1, -0.05) is 6.07 Å². The van der Waals surface area contributed by atoms with Crippen molar-refractivity contribution in [2.75, 3.05) is 44.8 Å². The molecule has 1 amide bonds. The van der Waals surface area contributed by atoms with Gasteiger partial charge in [-0.15, -0.1) is 0 Å². The van der Waals surface area contributed by atoms with Crippen molar-refractivity contribution in [3.63, 3.8) is 0 Å². The molecule has 196 valence electrons. The first kappa shape index (κ1) is 25.4. The van der Waals surface area contributed by atoms with Crippen LogP contribution in [0.3, 0.4) is 0 Å². The minimum Gasteiger partial charge on any atom is -0.494 e. The van der Waals surface area contributed by atoms with Crippen molar-refractivity contribution in [3.05, 3.63) is 47.3 Å². The molecule has 9 nitrogen and oxygen atoms in total. The Kier molecular flexibility index (Phi) is 7.87. The second kappa shape index (κ2) is 11.4. The van der Waals surface area contributed by atoms with E-state index in [4.69, 9.17) is 9.47 Å². The van der Waals surface area contributed by atoms with Gasteiger partial charge in [-0.25, -0.2) is 9.97 Å². The van der Waals surface area contributed by atoms with Crippen LogP contribution in [0, 0.1) is 29.1 Å². The summed E-state index contributed by atoms with van der Waals surface area (Å²) in [7, 11) is 1.67. The molecule has 0 bridgehead atoms. The number of piperidine rings is 1. The quantitative estimate of drug-likeness (QED) is 0.524. The molecular weight excluding hydrogens is 470 g/mol. The summed E-state index contributed by atoms with van der Waals surface area (Å²) in [5.74, 6) is 3.66. The zero-order valence-corrected chi connectivity index (χ0v) is 21.4. The fourth-order valence-electron chi connectivity index (χ4n) is 5.63. The van der Waals surface area contributed by atoms with Gasteiger partial charge in [0.15, 0.2) is 0 Å². The predicted molar refractivity (Wildman–Crippen MR) is 137 cm³/mol. The molecule has 1 saturated carbocycles. The first-order valence-corrected chi connectivity index (χ1v) is 13.2. The molecule has 0 radical (unpaired) electrons. The van der Waals surface area contributed by atoms with E-state index in [0.717, 1.165) is 42.9 Å². The van der Waals surface area contributed by atoms with Crippen molar-refractivity contribution in [3.8, 4) is 11.8 Å². The summed E-state index contributed by atoms with van der Waals surface area (Å²) in [5, 5.41) is 18.9. The number of likely N-dealkylation sites (tertiary alicyclic amines) is 1. The molecule has 3 heterocycles. The van der Waals surface area contributed by atoms with Crippen LogP contribution >= 0.6 is 0 Å². The Morgan fingerprint density at radius 3 is 2.65 bits per heavy atom. The molecule has 1 aromatic heterocycles. The summed E-state index contributed by atoms with van der Waals surface area (Å²) in [6.45, 7) is 3.92. The molecule has 0 spiro atoms. The van der Waals surface area contributed by atoms with Gasteiger partial charge in [0.25, 0.3) is 0 Å². The molecule has 0 unspecified atom stereocenters. The molecule has 1 N–H and O–H groups in total. The Bertz CT molecular complexity index is 1120. The fourth-order valence-corrected chi connectivity index (χ4v) is 5.63. The first-order valence-electron chi connectivity index (χ1n) is 13.2. The summed E-state index contributed by atoms with van der Waals surface area (Å²) < 4.78 is 11.1. The number of methoxy groups -OCH3 is 1. The number of nitrogens with zero attached hydrogens (tertiary/aromatic N) is 5. The molecule has 2 saturated heterocycles. The molecule has 9 heteroatoms. The zero-order chi connectivity index (χ0) is 25.8. The molecule has 2 aliphatic heterocycles. The zero-order valence-electron chi connectivity index (χ0n) is 21.4. The minimum atomic E-state index is -0.423. The summed E-state index contributed by atoms with van der Waals surface area (Å²) in [5.41, 5.74) is 2.16. The van der Waals surface area contributed by atoms with Crippen molar-refractivity contribution in [2.24, 2.45) is 17.8 Å². The number of β-amino-alcohol motifs (C(OH)–C–C–N with tert-alkyl or cyclic N) is 1. The number of rotatable bonds is 10. The Balaban J connectivity index is 1.03. The molecule has 5 rings (SSSR count). The number of amides is 1. The second-order valence-corrected chi connectivity index (χ2v) is 10.5. The van der Waals surface area contributed by atoms with Crippen molar-refractivity contribution in [1.29, 1.82) is 5.26 Å². The maximum atomic E-state index is 12.3. The van der Waals surface area contributed by atoms with Gasteiger partial charge in [0.2, 0.25) is 11.9 Å². The van der Waals surface area contributed by atoms with Crippen molar-refractivity contribution >= 4 is 11.9 Å². The van der Waals surface area contributed by atoms with Crippen molar-refractivity contribution < 1.29 is 19.4 Å². The van der Waals surface area contributed by atoms with Gasteiger partial charge in [0, 0.05) is 51.2 Å². The number of aromatic nitrogens is 2. The van der Waals surface area contributed by atoms with E-state index in [1.54, 1.807) is 18.1 Å². The largest absolute Gasteiger partial charge is 0.494 e. The maximum Gasteiger partial charge on any atom is 0.227 e. The average Bonchev–Trinajstić information content (AvgIpc) is 3.68. The lowest BCUT2D eigenvalue weighted by atomic mass is 9.90. The minimum absolute atomic E-state index is 0.0615. The van der Waals surface area contributed by atoms with Gasteiger partial charge in [0.05, 0.1) is 37.4 Å². The number of nitriles is 1. The van der Waals surface area contributed by atoms with Crippen LogP contribution in [0.5, 0.6) is 5.75 Å². The average molecular weight is 506 g/mol. The van der Waals surface area contributed by atoms with E-state index >= 15 is 0 Å². The molecule has 1 aromatic carbocycles. The Morgan fingerprint density at radius 1 is 1.22 bits per heavy atom. The van der Waals surface area contributed by atoms with Crippen LogP contribution in [-0.4, -0.2) is 71.9 Å². The van der Waals surface area contributed by atoms with Crippen LogP contribution in [-0.2, 0) is 22.6 Å². The van der Waals surface area contributed by atoms with Gasteiger partial charge in [-0.05, 0) is 61.1 Å². The van der Waals surface area contributed by atoms with Gasteiger partial charge < -0.3 is 24.4 Å². The van der Waals surface area contributed by atoms with Gasteiger partial charge in [-0.3, -0.25) is 4.79 Å². The molecule has 37 heavy (non-hydrogen) atoms. The molecule has 3 aliphatic rings. The third-order valence-electron chi connectivity index (χ3n) is 7.92. The third kappa shape index (κ3) is 6.20. The topological polar surface area (TPSA) is 112 Å². The highest BCUT2D eigenvalue weighted by molar-refractivity contribution is 5.80. The maximum absolute atomic E-state index is 12.3. The number of aliphatic hydroxyl groups is 1. The number of hydrogen-bond donors (Lipinski definition) is 1. The van der Waals surface area contributed by atoms with E-state index in [1.165, 1.54) is 19.3 Å². The number of carbonyl (C=O) groups is 1. The van der Waals surface area contributed by atoms with E-state index in [1.807, 2.05) is 24.5 Å². The number of carbonyl (C=O) groups excluding carboxylic acids is 1. The number of aliphatic hydroxyl groups excluding tert-OH is 1. The Hall–Kier alpha value is -3.22. The molecule has 2 aromatic rings. The molecule has 2 atom stereocenters. The van der Waals surface area contributed by atoms with Crippen LogP contribution in [0.15, 0.2) is 30.6 Å². The monoisotopic (exact) mass is 505 g/mol. The van der Waals surface area contributed by atoms with Crippen LogP contribution in [0.4, 0.5) is 5.95 Å². The van der Waals surface area contributed by atoms with E-state index < -0.39 is 6.10 Å². The lowest BCUT2D eigenvalue weighted by Crippen LogP contribution is -2.54. The highest BCUT2D eigenvalue weighted by atomic mass is 16.5. The highest BCUT2D eigenvalue weighted by Gasteiger charge is 2.43. The number of benzene rings is 1. The third-order valence-corrected chi connectivity index (χ3v) is 7.92. The molecule has 3 fully saturated rings. The summed E-state index contributed by atoms with van der Waals surface area (Å²) in [4.78, 5) is 25.2. The summed E-state index contributed by atoms with van der Waals surface area (Å²) >= 11 is 0. The highest BCUT2D eigenvalue weighted by Crippen LogP contribution is 2.49. The van der Waals surface area contributed by atoms with E-state index in [-0.39, 0.29) is 12.3 Å². The Morgan fingerprint density at radius 2 is 1.97 bits per heavy atom. The molecular formula is C28H35N5O4. The van der Waals surface area contributed by atoms with Gasteiger partial charge >= 0.3 is 0 Å². The van der Waals surface area contributed by atoms with Gasteiger partial charge in [0.1, 0.15) is 5.75 Å². The summed E-state index contributed by atoms with van der Waals surface area (Å²) in [6, 6.07) is 7.58. The van der Waals surface area contributed by atoms with Crippen LogP contribution in [0.25, 0.3) is 0 Å². The SMILES string of the molecule is COCc1cnc(N2CCC([C@@H]3C[C@@H]3CCOc3ccc(CC(=O)N4CC(O)C4)c(C#N)c3)CC2)nc1. The smallest absolute Gasteiger partial charge is 0.227 e. The number of anilines is 1. The normalized spacial score (nSPS) is 21.9. The molecule has 1 aliphatic carbocycles. The van der Waals surface area contributed by atoms with Gasteiger partial charge in [-0.2, -0.15) is 5.26 Å². The Labute approximate surface area is 218 Å². The van der Waals surface area contributed by atoms with Crippen molar-refractivity contribution in [2.45, 2.75) is 44.8 Å². The van der Waals surface area contributed by atoms with Crippen molar-refractivity contribution in [1.82, 2.24) is 14.9 Å². The van der Waals surface area contributed by atoms with Crippen LogP contribution in [0.2, 0.25) is 0 Å². The number of hydrogen-bond acceptors (Lipinski definition) is 8. The number of ether oxygens (including phenoxy) is 2. The fraction of sp³-hybridized carbons (Fsp3) is 0.571. The lowest BCUT2D eigenvalue weighted by molar-refractivity contribution is -0.140. The first-order chi connectivity index (χ1) is 18.0. The van der Waals surface area contributed by atoms with Crippen LogP contribution < -0.4 is 9.64 Å². The van der Waals surface area contributed by atoms with E-state index in [0.29, 0.717) is 49.1 Å². The van der Waals surface area contributed by atoms with E-state index in [2.05, 4.69) is 20.9 Å².